The van der Waals surface area contributed by atoms with Crippen LogP contribution in [0.5, 0.6) is 0 Å². The molecule has 0 unspecified atom stereocenters. The van der Waals surface area contributed by atoms with Crippen LogP contribution in [-0.2, 0) is 6.54 Å². The Balaban J connectivity index is 2.83. The minimum absolute atomic E-state index is 0.263. The van der Waals surface area contributed by atoms with Crippen LogP contribution in [0.3, 0.4) is 0 Å². The van der Waals surface area contributed by atoms with Crippen molar-refractivity contribution in [3.05, 3.63) is 34.9 Å². The largest absolute Gasteiger partial charge is 0.310 e. The van der Waals surface area contributed by atoms with Crippen molar-refractivity contribution in [3.63, 3.8) is 0 Å². The lowest BCUT2D eigenvalue weighted by molar-refractivity contribution is 0.482. The molecule has 3 heteroatoms. The van der Waals surface area contributed by atoms with Gasteiger partial charge in [0.2, 0.25) is 0 Å². The molecule has 0 aliphatic heterocycles. The van der Waals surface area contributed by atoms with E-state index < -0.39 is 11.6 Å². The summed E-state index contributed by atoms with van der Waals surface area (Å²) in [5.74, 6) is -1.48. The molecule has 0 fully saturated rings. The average molecular weight is 199 g/mol. The molecule has 0 aliphatic rings. The van der Waals surface area contributed by atoms with E-state index in [1.165, 1.54) is 0 Å². The first-order valence-electron chi connectivity index (χ1n) is 4.69. The molecule has 0 bridgehead atoms. The summed E-state index contributed by atoms with van der Waals surface area (Å²) in [7, 11) is 0. The summed E-state index contributed by atoms with van der Waals surface area (Å²) in [5.41, 5.74) is 0.720. The minimum atomic E-state index is -0.743. The highest BCUT2D eigenvalue weighted by molar-refractivity contribution is 5.25. The van der Waals surface area contributed by atoms with Crippen molar-refractivity contribution < 1.29 is 8.78 Å². The average Bonchev–Trinajstić information content (AvgIpc) is 2.13. The summed E-state index contributed by atoms with van der Waals surface area (Å²) in [6.45, 7) is 5.84. The van der Waals surface area contributed by atoms with Crippen molar-refractivity contribution >= 4 is 0 Å². The van der Waals surface area contributed by atoms with Crippen molar-refractivity contribution in [2.45, 2.75) is 33.4 Å². The summed E-state index contributed by atoms with van der Waals surface area (Å²) in [6, 6.07) is 3.47. The highest BCUT2D eigenvalue weighted by atomic mass is 19.2. The van der Waals surface area contributed by atoms with Crippen LogP contribution in [-0.4, -0.2) is 6.04 Å². The van der Waals surface area contributed by atoms with E-state index in [4.69, 9.17) is 0 Å². The predicted octanol–water partition coefficient (Wildman–Crippen LogP) is 2.77. The molecule has 1 aromatic carbocycles. The SMILES string of the molecule is Cc1ccc(CNC(C)C)c(F)c1F. The summed E-state index contributed by atoms with van der Waals surface area (Å²) < 4.78 is 26.4. The van der Waals surface area contributed by atoms with Crippen LogP contribution in [0, 0.1) is 18.6 Å². The van der Waals surface area contributed by atoms with E-state index in [1.54, 1.807) is 19.1 Å². The highest BCUT2D eigenvalue weighted by Gasteiger charge is 2.10. The zero-order valence-corrected chi connectivity index (χ0v) is 8.70. The first-order valence-corrected chi connectivity index (χ1v) is 4.69. The third kappa shape index (κ3) is 2.51. The van der Waals surface area contributed by atoms with Gasteiger partial charge in [0.25, 0.3) is 0 Å². The molecule has 1 aromatic rings. The van der Waals surface area contributed by atoms with Crippen molar-refractivity contribution in [2.75, 3.05) is 0 Å². The maximum Gasteiger partial charge on any atom is 0.163 e. The lowest BCUT2D eigenvalue weighted by Gasteiger charge is -2.09. The van der Waals surface area contributed by atoms with Gasteiger partial charge in [0.15, 0.2) is 11.6 Å². The van der Waals surface area contributed by atoms with E-state index in [0.29, 0.717) is 17.7 Å². The number of hydrogen-bond acceptors (Lipinski definition) is 1. The van der Waals surface area contributed by atoms with Crippen LogP contribution >= 0.6 is 0 Å². The molecule has 0 aromatic heterocycles. The van der Waals surface area contributed by atoms with Gasteiger partial charge < -0.3 is 5.32 Å². The van der Waals surface area contributed by atoms with Gasteiger partial charge in [-0.15, -0.1) is 0 Å². The van der Waals surface area contributed by atoms with Crippen LogP contribution in [0.15, 0.2) is 12.1 Å². The standard InChI is InChI=1S/C11H15F2N/c1-7(2)14-6-9-5-4-8(3)10(12)11(9)13/h4-5,7,14H,6H2,1-3H3. The molecule has 0 saturated heterocycles. The van der Waals surface area contributed by atoms with Gasteiger partial charge in [0, 0.05) is 18.2 Å². The summed E-state index contributed by atoms with van der Waals surface area (Å²) in [5, 5.41) is 3.04. The predicted molar refractivity (Wildman–Crippen MR) is 53.1 cm³/mol. The minimum Gasteiger partial charge on any atom is -0.310 e. The number of aryl methyl sites for hydroxylation is 1. The first kappa shape index (κ1) is 11.1. The van der Waals surface area contributed by atoms with Crippen molar-refractivity contribution in [1.29, 1.82) is 0 Å². The Morgan fingerprint density at radius 2 is 1.86 bits per heavy atom. The Labute approximate surface area is 83.1 Å². The molecule has 0 amide bonds. The molecular formula is C11H15F2N. The molecule has 0 atom stereocenters. The quantitative estimate of drug-likeness (QED) is 0.789. The smallest absolute Gasteiger partial charge is 0.163 e. The molecule has 0 saturated carbocycles. The van der Waals surface area contributed by atoms with Crippen LogP contribution < -0.4 is 5.32 Å². The van der Waals surface area contributed by atoms with Crippen molar-refractivity contribution in [3.8, 4) is 0 Å². The van der Waals surface area contributed by atoms with E-state index in [-0.39, 0.29) is 6.04 Å². The second kappa shape index (κ2) is 4.51. The Kier molecular flexibility index (Phi) is 3.58. The molecule has 0 spiro atoms. The van der Waals surface area contributed by atoms with Gasteiger partial charge in [-0.3, -0.25) is 0 Å². The van der Waals surface area contributed by atoms with Gasteiger partial charge in [-0.1, -0.05) is 26.0 Å². The molecule has 14 heavy (non-hydrogen) atoms. The van der Waals surface area contributed by atoms with Crippen molar-refractivity contribution in [2.24, 2.45) is 0 Å². The van der Waals surface area contributed by atoms with E-state index in [9.17, 15) is 8.78 Å². The van der Waals surface area contributed by atoms with Gasteiger partial charge in [-0.25, -0.2) is 8.78 Å². The molecule has 78 valence electrons. The molecule has 0 radical (unpaired) electrons. The fourth-order valence-electron chi connectivity index (χ4n) is 1.14. The highest BCUT2D eigenvalue weighted by Crippen LogP contribution is 2.15. The number of rotatable bonds is 3. The number of hydrogen-bond donors (Lipinski definition) is 1. The second-order valence-electron chi connectivity index (χ2n) is 3.71. The zero-order chi connectivity index (χ0) is 10.7. The lowest BCUT2D eigenvalue weighted by atomic mass is 10.1. The molecule has 0 aliphatic carbocycles. The number of halogens is 2. The monoisotopic (exact) mass is 199 g/mol. The van der Waals surface area contributed by atoms with Crippen LogP contribution in [0.4, 0.5) is 8.78 Å². The maximum absolute atomic E-state index is 13.3. The van der Waals surface area contributed by atoms with E-state index in [1.807, 2.05) is 13.8 Å². The van der Waals surface area contributed by atoms with E-state index >= 15 is 0 Å². The molecule has 1 nitrogen and oxygen atoms in total. The number of benzene rings is 1. The Hall–Kier alpha value is -0.960. The van der Waals surface area contributed by atoms with Crippen LogP contribution in [0.25, 0.3) is 0 Å². The molecular weight excluding hydrogens is 184 g/mol. The van der Waals surface area contributed by atoms with Gasteiger partial charge in [0.1, 0.15) is 0 Å². The third-order valence-corrected chi connectivity index (χ3v) is 2.06. The van der Waals surface area contributed by atoms with Crippen molar-refractivity contribution in [1.82, 2.24) is 5.32 Å². The van der Waals surface area contributed by atoms with Gasteiger partial charge in [-0.2, -0.15) is 0 Å². The summed E-state index contributed by atoms with van der Waals surface area (Å²) in [6.07, 6.45) is 0. The Morgan fingerprint density at radius 3 is 2.43 bits per heavy atom. The number of nitrogens with one attached hydrogen (secondary N) is 1. The second-order valence-corrected chi connectivity index (χ2v) is 3.71. The maximum atomic E-state index is 13.3. The van der Waals surface area contributed by atoms with Crippen LogP contribution in [0.1, 0.15) is 25.0 Å². The van der Waals surface area contributed by atoms with Gasteiger partial charge in [-0.05, 0) is 12.5 Å². The van der Waals surface area contributed by atoms with E-state index in [2.05, 4.69) is 5.32 Å². The fourth-order valence-corrected chi connectivity index (χ4v) is 1.14. The fraction of sp³-hybridized carbons (Fsp3) is 0.455. The van der Waals surface area contributed by atoms with Gasteiger partial charge >= 0.3 is 0 Å². The zero-order valence-electron chi connectivity index (χ0n) is 8.70. The first-order chi connectivity index (χ1) is 6.52. The van der Waals surface area contributed by atoms with Gasteiger partial charge in [0.05, 0.1) is 0 Å². The van der Waals surface area contributed by atoms with Crippen LogP contribution in [0.2, 0.25) is 0 Å². The van der Waals surface area contributed by atoms with E-state index in [0.717, 1.165) is 0 Å². The summed E-state index contributed by atoms with van der Waals surface area (Å²) >= 11 is 0. The molecule has 1 N–H and O–H groups in total. The third-order valence-electron chi connectivity index (χ3n) is 2.06. The Morgan fingerprint density at radius 1 is 1.21 bits per heavy atom. The Bertz CT molecular complexity index is 321. The lowest BCUT2D eigenvalue weighted by Crippen LogP contribution is -2.22. The summed E-state index contributed by atoms with van der Waals surface area (Å²) in [4.78, 5) is 0. The normalized spacial score (nSPS) is 11.0. The molecule has 0 heterocycles. The topological polar surface area (TPSA) is 12.0 Å². The molecule has 1 rings (SSSR count).